The predicted octanol–water partition coefficient (Wildman–Crippen LogP) is 7.15. The fourth-order valence-corrected chi connectivity index (χ4v) is 5.61. The lowest BCUT2D eigenvalue weighted by Crippen LogP contribution is -2.36. The molecule has 0 heterocycles. The first-order valence-electron chi connectivity index (χ1n) is 14.1. The molecule has 0 spiro atoms. The van der Waals surface area contributed by atoms with Gasteiger partial charge in [0.05, 0.1) is 16.5 Å². The summed E-state index contributed by atoms with van der Waals surface area (Å²) >= 11 is 0. The molecule has 0 saturated heterocycles. The van der Waals surface area contributed by atoms with Crippen molar-refractivity contribution in [1.29, 1.82) is 0 Å². The summed E-state index contributed by atoms with van der Waals surface area (Å²) in [5.41, 5.74) is 3.18. The molecule has 4 aromatic rings. The van der Waals surface area contributed by atoms with E-state index in [1.807, 2.05) is 24.3 Å². The number of nitro benzene ring substituents is 1. The number of ether oxygens (including phenoxy) is 3. The van der Waals surface area contributed by atoms with Crippen LogP contribution in [0.4, 0.5) is 20.1 Å². The van der Waals surface area contributed by atoms with E-state index in [1.165, 1.54) is 17.0 Å². The number of nitrogens with zero attached hydrogens (tertiary/aromatic N) is 2. The zero-order valence-corrected chi connectivity index (χ0v) is 24.4. The van der Waals surface area contributed by atoms with Gasteiger partial charge in [0.15, 0.2) is 17.2 Å². The Morgan fingerprint density at radius 3 is 2.06 bits per heavy atom. The van der Waals surface area contributed by atoms with Gasteiger partial charge >= 0.3 is 18.5 Å². The number of benzene rings is 4. The van der Waals surface area contributed by atoms with Gasteiger partial charge in [0, 0.05) is 30.8 Å². The van der Waals surface area contributed by atoms with Crippen LogP contribution in [0, 0.1) is 10.1 Å². The molecule has 0 aromatic heterocycles. The third-order valence-electron chi connectivity index (χ3n) is 7.51. The molecule has 3 N–H and O–H groups in total. The van der Waals surface area contributed by atoms with Crippen LogP contribution >= 0.6 is 0 Å². The molecule has 4 aromatic carbocycles. The van der Waals surface area contributed by atoms with Crippen LogP contribution in [-0.4, -0.2) is 49.5 Å². The fraction of sp³-hybridized carbons (Fsp3) is 0.152. The molecule has 14 heteroatoms. The Morgan fingerprint density at radius 2 is 1.38 bits per heavy atom. The Labute approximate surface area is 266 Å². The van der Waals surface area contributed by atoms with Gasteiger partial charge in [-0.15, -0.1) is 0 Å². The maximum atomic E-state index is 14.5. The second kappa shape index (κ2) is 13.7. The molecule has 5 rings (SSSR count). The van der Waals surface area contributed by atoms with Crippen molar-refractivity contribution in [2.45, 2.75) is 31.8 Å². The van der Waals surface area contributed by atoms with Crippen LogP contribution in [0.2, 0.25) is 0 Å². The van der Waals surface area contributed by atoms with Crippen molar-refractivity contribution in [2.24, 2.45) is 0 Å². The Bertz CT molecular complexity index is 1890. The smallest absolute Gasteiger partial charge is 0.449 e. The number of hydrogen-bond donors (Lipinski definition) is 3. The number of amides is 1. The number of nitro groups is 1. The molecule has 14 nitrogen and oxygen atoms in total. The van der Waals surface area contributed by atoms with Crippen LogP contribution in [-0.2, 0) is 13.0 Å². The molecule has 0 unspecified atom stereocenters. The molecule has 1 aliphatic rings. The topological polar surface area (TPSA) is 203 Å². The lowest BCUT2D eigenvalue weighted by molar-refractivity contribution is -0.384. The number of fused-ring (bicyclic) bond motifs is 1. The highest BCUT2D eigenvalue weighted by molar-refractivity contribution is 5.99. The number of hydrogen-bond acceptors (Lipinski definition) is 9. The summed E-state index contributed by atoms with van der Waals surface area (Å²) in [4.78, 5) is 61.2. The summed E-state index contributed by atoms with van der Waals surface area (Å²) < 4.78 is 14.1. The summed E-state index contributed by atoms with van der Waals surface area (Å²) in [6.45, 7) is -0.0321. The minimum atomic E-state index is -1.86. The third-order valence-corrected chi connectivity index (χ3v) is 7.51. The second-order valence-corrected chi connectivity index (χ2v) is 10.4. The molecule has 0 aliphatic heterocycles. The number of rotatable bonds is 9. The van der Waals surface area contributed by atoms with Gasteiger partial charge in [-0.25, -0.2) is 14.4 Å². The average Bonchev–Trinajstić information content (AvgIpc) is 3.03. The van der Waals surface area contributed by atoms with Crippen LogP contribution in [0.25, 0.3) is 11.1 Å². The van der Waals surface area contributed by atoms with E-state index >= 15 is 0 Å². The highest BCUT2D eigenvalue weighted by Crippen LogP contribution is 2.40. The highest BCUT2D eigenvalue weighted by Gasteiger charge is 2.33. The monoisotopic (exact) mass is 642 g/mol. The Balaban J connectivity index is 1.63. The van der Waals surface area contributed by atoms with E-state index in [0.717, 1.165) is 36.1 Å². The van der Waals surface area contributed by atoms with Gasteiger partial charge in [-0.3, -0.25) is 14.9 Å². The van der Waals surface area contributed by atoms with Gasteiger partial charge in [0.2, 0.25) is 0 Å². The standard InChI is InChI=1S/C33H26N2O12/c36-30(25-16-28(46-32(39)40)29(47-33(41)42)17-27(25)45-31(37)38)34(26-13-5-8-20-7-1-2-12-24(20)26)18-19-6-3-9-21(14-19)22-10-4-11-23(15-22)35(43)44/h1-4,6-7,9-12,14-17,26H,5,8,13,18H2,(H,37,38)(H,39,40)(H,41,42)/t26-/m0/s1. The van der Waals surface area contributed by atoms with Crippen LogP contribution in [0.5, 0.6) is 17.2 Å². The number of carbonyl (C=O) groups excluding carboxylic acids is 1. The van der Waals surface area contributed by atoms with Crippen molar-refractivity contribution in [3.63, 3.8) is 0 Å². The summed E-state index contributed by atoms with van der Waals surface area (Å²) in [6, 6.07) is 21.7. The van der Waals surface area contributed by atoms with Gasteiger partial charge in [0.1, 0.15) is 0 Å². The molecule has 0 fully saturated rings. The zero-order valence-electron chi connectivity index (χ0n) is 24.4. The fourth-order valence-electron chi connectivity index (χ4n) is 5.61. The van der Waals surface area contributed by atoms with Gasteiger partial charge in [-0.05, 0) is 53.1 Å². The number of carbonyl (C=O) groups is 4. The van der Waals surface area contributed by atoms with Crippen molar-refractivity contribution in [1.82, 2.24) is 4.90 Å². The SMILES string of the molecule is O=C(O)Oc1cc(OC(=O)O)c(C(=O)N(Cc2cccc(-c3cccc([N+](=O)[O-])c3)c2)[C@H]2CCCc3ccccc32)cc1OC(=O)O. The maximum absolute atomic E-state index is 14.5. The Kier molecular flexibility index (Phi) is 9.31. The first-order valence-corrected chi connectivity index (χ1v) is 14.1. The largest absolute Gasteiger partial charge is 0.511 e. The molecular formula is C33H26N2O12. The molecule has 1 amide bonds. The second-order valence-electron chi connectivity index (χ2n) is 10.4. The summed E-state index contributed by atoms with van der Waals surface area (Å²) in [5.74, 6) is -2.79. The van der Waals surface area contributed by atoms with Gasteiger partial charge in [0.25, 0.3) is 11.6 Å². The van der Waals surface area contributed by atoms with Crippen LogP contribution in [0.3, 0.4) is 0 Å². The highest BCUT2D eigenvalue weighted by atomic mass is 16.7. The lowest BCUT2D eigenvalue weighted by atomic mass is 9.86. The van der Waals surface area contributed by atoms with E-state index in [0.29, 0.717) is 23.1 Å². The number of carboxylic acid groups (broad SMARTS) is 3. The first-order chi connectivity index (χ1) is 22.5. The Hall–Kier alpha value is -6.44. The van der Waals surface area contributed by atoms with Gasteiger partial charge in [-0.1, -0.05) is 54.6 Å². The molecular weight excluding hydrogens is 616 g/mol. The van der Waals surface area contributed by atoms with Crippen molar-refractivity contribution in [3.8, 4) is 28.4 Å². The van der Waals surface area contributed by atoms with Crippen molar-refractivity contribution in [3.05, 3.63) is 117 Å². The van der Waals surface area contributed by atoms with E-state index < -0.39 is 58.2 Å². The first kappa shape index (κ1) is 32.0. The normalized spacial score (nSPS) is 13.5. The third kappa shape index (κ3) is 7.45. The van der Waals surface area contributed by atoms with Gasteiger partial charge < -0.3 is 34.4 Å². The van der Waals surface area contributed by atoms with Gasteiger partial charge in [-0.2, -0.15) is 0 Å². The minimum Gasteiger partial charge on any atom is -0.449 e. The maximum Gasteiger partial charge on any atom is 0.511 e. The lowest BCUT2D eigenvalue weighted by Gasteiger charge is -2.36. The number of aryl methyl sites for hydroxylation is 1. The van der Waals surface area contributed by atoms with Crippen molar-refractivity contribution < 1.29 is 53.6 Å². The van der Waals surface area contributed by atoms with E-state index in [-0.39, 0.29) is 12.2 Å². The zero-order chi connectivity index (χ0) is 33.7. The molecule has 0 bridgehead atoms. The molecule has 1 aliphatic carbocycles. The van der Waals surface area contributed by atoms with Crippen molar-refractivity contribution >= 4 is 30.1 Å². The van der Waals surface area contributed by atoms with Crippen molar-refractivity contribution in [2.75, 3.05) is 0 Å². The summed E-state index contributed by atoms with van der Waals surface area (Å²) in [6.07, 6.45) is -3.52. The molecule has 1 atom stereocenters. The average molecular weight is 643 g/mol. The number of non-ortho nitro benzene ring substituents is 1. The molecule has 240 valence electrons. The van der Waals surface area contributed by atoms with E-state index in [4.69, 9.17) is 14.6 Å². The Morgan fingerprint density at radius 1 is 0.766 bits per heavy atom. The quantitative estimate of drug-likeness (QED) is 0.0721. The van der Waals surface area contributed by atoms with E-state index in [9.17, 15) is 39.5 Å². The van der Waals surface area contributed by atoms with Crippen LogP contribution < -0.4 is 14.2 Å². The predicted molar refractivity (Wildman–Crippen MR) is 163 cm³/mol. The molecule has 47 heavy (non-hydrogen) atoms. The molecule has 0 saturated carbocycles. The van der Waals surface area contributed by atoms with Crippen LogP contribution in [0.15, 0.2) is 84.9 Å². The minimum absolute atomic E-state index is 0.0321. The van der Waals surface area contributed by atoms with E-state index in [1.54, 1.807) is 36.4 Å². The molecule has 0 radical (unpaired) electrons. The summed E-state index contributed by atoms with van der Waals surface area (Å²) in [5, 5.41) is 39.2. The summed E-state index contributed by atoms with van der Waals surface area (Å²) in [7, 11) is 0. The van der Waals surface area contributed by atoms with E-state index in [2.05, 4.69) is 4.74 Å². The van der Waals surface area contributed by atoms with Crippen LogP contribution in [0.1, 0.15) is 45.9 Å².